The number of fused-ring (bicyclic) bond motifs is 1. The van der Waals surface area contributed by atoms with Crippen LogP contribution in [-0.4, -0.2) is 35.7 Å². The smallest absolute Gasteiger partial charge is 0.229 e. The van der Waals surface area contributed by atoms with Gasteiger partial charge in [0.2, 0.25) is 19.9 Å². The third-order valence-electron chi connectivity index (χ3n) is 3.26. The van der Waals surface area contributed by atoms with Crippen molar-refractivity contribution in [2.45, 2.75) is 30.8 Å². The summed E-state index contributed by atoms with van der Waals surface area (Å²) in [6, 6.07) is 4.28. The molecule has 0 radical (unpaired) electrons. The minimum atomic E-state index is -3.68. The molecule has 23 heavy (non-hydrogen) atoms. The van der Waals surface area contributed by atoms with E-state index < -0.39 is 26.2 Å². The summed E-state index contributed by atoms with van der Waals surface area (Å²) in [5, 5.41) is 4.11. The Kier molecular flexibility index (Phi) is 3.87. The zero-order chi connectivity index (χ0) is 16.8. The average Bonchev–Trinajstić information content (AvgIpc) is 2.35. The Labute approximate surface area is 134 Å². The summed E-state index contributed by atoms with van der Waals surface area (Å²) in [5.74, 6) is 0. The Morgan fingerprint density at radius 2 is 2.00 bits per heavy atom. The van der Waals surface area contributed by atoms with Gasteiger partial charge in [0.15, 0.2) is 12.6 Å². The SMILES string of the molecule is CC1OC(CC2=CS(=O)(=O)c3cc(NS(C)(=O)=O)ccc3N2)O1. The summed E-state index contributed by atoms with van der Waals surface area (Å²) >= 11 is 0. The summed E-state index contributed by atoms with van der Waals surface area (Å²) < 4.78 is 60.1. The zero-order valence-electron chi connectivity index (χ0n) is 12.4. The van der Waals surface area contributed by atoms with Gasteiger partial charge in [-0.05, 0) is 25.1 Å². The lowest BCUT2D eigenvalue weighted by molar-refractivity contribution is -0.374. The van der Waals surface area contributed by atoms with Gasteiger partial charge in [-0.1, -0.05) is 0 Å². The number of sulfone groups is 1. The fourth-order valence-corrected chi connectivity index (χ4v) is 4.33. The Hall–Kier alpha value is -1.62. The van der Waals surface area contributed by atoms with Gasteiger partial charge in [-0.25, -0.2) is 16.8 Å². The number of anilines is 2. The van der Waals surface area contributed by atoms with Gasteiger partial charge in [0.25, 0.3) is 0 Å². The second-order valence-corrected chi connectivity index (χ2v) is 8.89. The van der Waals surface area contributed by atoms with Crippen molar-refractivity contribution in [3.63, 3.8) is 0 Å². The van der Waals surface area contributed by atoms with Crippen LogP contribution in [0.15, 0.2) is 34.2 Å². The van der Waals surface area contributed by atoms with Crippen LogP contribution >= 0.6 is 0 Å². The first-order chi connectivity index (χ1) is 10.6. The number of hydrogen-bond acceptors (Lipinski definition) is 7. The lowest BCUT2D eigenvalue weighted by Gasteiger charge is -2.34. The van der Waals surface area contributed by atoms with Crippen LogP contribution in [0.1, 0.15) is 13.3 Å². The molecule has 0 bridgehead atoms. The van der Waals surface area contributed by atoms with Gasteiger partial charge >= 0.3 is 0 Å². The van der Waals surface area contributed by atoms with Gasteiger partial charge < -0.3 is 14.8 Å². The number of nitrogens with one attached hydrogen (secondary N) is 2. The first-order valence-corrected chi connectivity index (χ1v) is 10.2. The lowest BCUT2D eigenvalue weighted by atomic mass is 10.2. The molecule has 0 atom stereocenters. The van der Waals surface area contributed by atoms with E-state index in [1.165, 1.54) is 18.2 Å². The van der Waals surface area contributed by atoms with Gasteiger partial charge in [0.05, 0.1) is 22.2 Å². The molecule has 2 aliphatic heterocycles. The molecule has 8 nitrogen and oxygen atoms in total. The monoisotopic (exact) mass is 360 g/mol. The molecule has 2 heterocycles. The van der Waals surface area contributed by atoms with E-state index in [0.29, 0.717) is 11.4 Å². The molecule has 0 aliphatic carbocycles. The molecule has 10 heteroatoms. The first-order valence-electron chi connectivity index (χ1n) is 6.78. The van der Waals surface area contributed by atoms with E-state index in [9.17, 15) is 16.8 Å². The van der Waals surface area contributed by atoms with Crippen molar-refractivity contribution in [1.29, 1.82) is 0 Å². The molecular weight excluding hydrogens is 344 g/mol. The predicted octanol–water partition coefficient (Wildman–Crippen LogP) is 1.21. The number of benzene rings is 1. The van der Waals surface area contributed by atoms with Gasteiger partial charge in [-0.15, -0.1) is 0 Å². The highest BCUT2D eigenvalue weighted by Gasteiger charge is 2.31. The van der Waals surface area contributed by atoms with Crippen LogP contribution in [0.4, 0.5) is 11.4 Å². The molecule has 0 unspecified atom stereocenters. The van der Waals surface area contributed by atoms with Crippen LogP contribution in [0.5, 0.6) is 0 Å². The standard InChI is InChI=1S/C13H16N2O6S2/c1-8-20-13(21-8)6-10-7-23(18,19)12-5-9(15-22(2,16)17)3-4-11(12)14-10/h3-5,7-8,13-15H,6H2,1-2H3. The molecule has 1 fully saturated rings. The average molecular weight is 360 g/mol. The first kappa shape index (κ1) is 16.2. The van der Waals surface area contributed by atoms with Gasteiger partial charge in [-0.2, -0.15) is 0 Å². The third-order valence-corrected chi connectivity index (χ3v) is 5.41. The van der Waals surface area contributed by atoms with Crippen LogP contribution in [-0.2, 0) is 29.3 Å². The van der Waals surface area contributed by atoms with Crippen LogP contribution in [0.25, 0.3) is 0 Å². The van der Waals surface area contributed by atoms with Crippen molar-refractivity contribution in [3.05, 3.63) is 29.3 Å². The number of hydrogen-bond donors (Lipinski definition) is 2. The molecule has 1 aromatic rings. The van der Waals surface area contributed by atoms with E-state index >= 15 is 0 Å². The van der Waals surface area contributed by atoms with Crippen molar-refractivity contribution in [1.82, 2.24) is 0 Å². The second kappa shape index (κ2) is 5.48. The Bertz CT molecular complexity index is 870. The summed E-state index contributed by atoms with van der Waals surface area (Å²) in [6.07, 6.45) is 0.535. The predicted molar refractivity (Wildman–Crippen MR) is 83.8 cm³/mol. The number of rotatable bonds is 4. The van der Waals surface area contributed by atoms with Crippen molar-refractivity contribution >= 4 is 31.2 Å². The normalized spacial score (nSPS) is 25.6. The van der Waals surface area contributed by atoms with Gasteiger partial charge in [0.1, 0.15) is 0 Å². The summed E-state index contributed by atoms with van der Waals surface area (Å²) in [7, 11) is -7.17. The lowest BCUT2D eigenvalue weighted by Crippen LogP contribution is -2.39. The summed E-state index contributed by atoms with van der Waals surface area (Å²) in [5.41, 5.74) is 1.03. The molecular formula is C13H16N2O6S2. The molecule has 126 valence electrons. The third kappa shape index (κ3) is 3.66. The maximum absolute atomic E-state index is 12.4. The van der Waals surface area contributed by atoms with E-state index in [1.54, 1.807) is 6.92 Å². The Morgan fingerprint density at radius 3 is 2.61 bits per heavy atom. The topological polar surface area (TPSA) is 111 Å². The molecule has 3 rings (SSSR count). The maximum Gasteiger partial charge on any atom is 0.229 e. The Balaban J connectivity index is 1.86. The second-order valence-electron chi connectivity index (χ2n) is 5.37. The highest BCUT2D eigenvalue weighted by atomic mass is 32.2. The van der Waals surface area contributed by atoms with Gasteiger partial charge in [0, 0.05) is 17.8 Å². The quantitative estimate of drug-likeness (QED) is 0.830. The summed E-state index contributed by atoms with van der Waals surface area (Å²) in [6.45, 7) is 1.75. The van der Waals surface area contributed by atoms with Crippen molar-refractivity contribution < 1.29 is 26.3 Å². The van der Waals surface area contributed by atoms with E-state index in [0.717, 1.165) is 11.7 Å². The van der Waals surface area contributed by atoms with E-state index in [4.69, 9.17) is 9.47 Å². The largest absolute Gasteiger partial charge is 0.357 e. The Morgan fingerprint density at radius 1 is 1.30 bits per heavy atom. The van der Waals surface area contributed by atoms with Crippen LogP contribution < -0.4 is 10.0 Å². The molecule has 2 N–H and O–H groups in total. The summed E-state index contributed by atoms with van der Waals surface area (Å²) in [4.78, 5) is 0.0127. The molecule has 2 aliphatic rings. The maximum atomic E-state index is 12.4. The van der Waals surface area contributed by atoms with Gasteiger partial charge in [-0.3, -0.25) is 4.72 Å². The molecule has 1 aromatic carbocycles. The molecule has 0 aromatic heterocycles. The fraction of sp³-hybridized carbons (Fsp3) is 0.385. The fourth-order valence-electron chi connectivity index (χ4n) is 2.40. The van der Waals surface area contributed by atoms with Crippen molar-refractivity contribution in [2.75, 3.05) is 16.3 Å². The van der Waals surface area contributed by atoms with E-state index in [-0.39, 0.29) is 23.3 Å². The van der Waals surface area contributed by atoms with Crippen LogP contribution in [0.2, 0.25) is 0 Å². The number of sulfonamides is 1. The van der Waals surface area contributed by atoms with E-state index in [2.05, 4.69) is 10.0 Å². The molecule has 1 saturated heterocycles. The number of ether oxygens (including phenoxy) is 2. The van der Waals surface area contributed by atoms with Crippen molar-refractivity contribution in [3.8, 4) is 0 Å². The minimum absolute atomic E-state index is 0.0127. The zero-order valence-corrected chi connectivity index (χ0v) is 14.1. The minimum Gasteiger partial charge on any atom is -0.357 e. The highest BCUT2D eigenvalue weighted by molar-refractivity contribution is 7.94. The highest BCUT2D eigenvalue weighted by Crippen LogP contribution is 2.34. The van der Waals surface area contributed by atoms with Crippen molar-refractivity contribution in [2.24, 2.45) is 0 Å². The van der Waals surface area contributed by atoms with E-state index in [1.807, 2.05) is 0 Å². The van der Waals surface area contributed by atoms with Crippen LogP contribution in [0.3, 0.4) is 0 Å². The molecule has 0 spiro atoms. The molecule has 0 saturated carbocycles. The van der Waals surface area contributed by atoms with Crippen LogP contribution in [0, 0.1) is 0 Å². The molecule has 0 amide bonds.